The molecule has 2 rings (SSSR count). The average Bonchev–Trinajstić information content (AvgIpc) is 2.73. The van der Waals surface area contributed by atoms with E-state index in [4.69, 9.17) is 4.74 Å². The van der Waals surface area contributed by atoms with Crippen LogP contribution in [0.15, 0.2) is 29.2 Å². The van der Waals surface area contributed by atoms with Crippen LogP contribution in [0.1, 0.15) is 18.3 Å². The van der Waals surface area contributed by atoms with E-state index in [0.29, 0.717) is 0 Å². The number of aryl methyl sites for hydroxylation is 2. The lowest BCUT2D eigenvalue weighted by molar-refractivity contribution is -0.115. The van der Waals surface area contributed by atoms with Gasteiger partial charge in [-0.25, -0.2) is 0 Å². The third kappa shape index (κ3) is 3.62. The highest BCUT2D eigenvalue weighted by Gasteiger charge is 2.18. The number of carbonyl (C=O) groups excluding carboxylic acids is 1. The van der Waals surface area contributed by atoms with Crippen LogP contribution in [-0.2, 0) is 11.8 Å². The van der Waals surface area contributed by atoms with Gasteiger partial charge in [-0.3, -0.25) is 9.48 Å². The van der Waals surface area contributed by atoms with Crippen LogP contribution in [0, 0.1) is 13.8 Å². The number of aromatic nitrogens is 2. The Kier molecular flexibility index (Phi) is 5.13. The summed E-state index contributed by atoms with van der Waals surface area (Å²) in [6.45, 7) is 5.72. The van der Waals surface area contributed by atoms with Crippen molar-refractivity contribution in [3.05, 3.63) is 35.7 Å². The SMILES string of the molecule is COc1cccc(SC(C)C(=O)Nc2c(C)nn(C)c2C)c1. The quantitative estimate of drug-likeness (QED) is 0.860. The first kappa shape index (κ1) is 16.4. The topological polar surface area (TPSA) is 56.1 Å². The fourth-order valence-corrected chi connectivity index (χ4v) is 3.03. The molecule has 0 saturated carbocycles. The Hall–Kier alpha value is -1.95. The van der Waals surface area contributed by atoms with Gasteiger partial charge in [0.15, 0.2) is 0 Å². The molecule has 0 radical (unpaired) electrons. The fraction of sp³-hybridized carbons (Fsp3) is 0.375. The van der Waals surface area contributed by atoms with Gasteiger partial charge < -0.3 is 10.1 Å². The molecule has 0 aliphatic carbocycles. The summed E-state index contributed by atoms with van der Waals surface area (Å²) >= 11 is 1.50. The van der Waals surface area contributed by atoms with E-state index in [1.807, 2.05) is 52.1 Å². The van der Waals surface area contributed by atoms with Crippen molar-refractivity contribution in [2.45, 2.75) is 30.9 Å². The molecule has 1 atom stereocenters. The lowest BCUT2D eigenvalue weighted by Gasteiger charge is -2.13. The maximum absolute atomic E-state index is 12.4. The van der Waals surface area contributed by atoms with Crippen LogP contribution in [0.3, 0.4) is 0 Å². The van der Waals surface area contributed by atoms with Gasteiger partial charge in [0.05, 0.1) is 29.4 Å². The first-order chi connectivity index (χ1) is 10.4. The van der Waals surface area contributed by atoms with Crippen LogP contribution in [0.4, 0.5) is 5.69 Å². The van der Waals surface area contributed by atoms with E-state index in [1.54, 1.807) is 11.8 Å². The Labute approximate surface area is 135 Å². The van der Waals surface area contributed by atoms with Crippen molar-refractivity contribution in [3.63, 3.8) is 0 Å². The van der Waals surface area contributed by atoms with Crippen molar-refractivity contribution in [2.24, 2.45) is 7.05 Å². The third-order valence-electron chi connectivity index (χ3n) is 3.48. The number of nitrogens with one attached hydrogen (secondary N) is 1. The van der Waals surface area contributed by atoms with Crippen LogP contribution in [0.2, 0.25) is 0 Å². The zero-order chi connectivity index (χ0) is 16.3. The van der Waals surface area contributed by atoms with Gasteiger partial charge in [0, 0.05) is 11.9 Å². The molecule has 0 fully saturated rings. The second-order valence-electron chi connectivity index (χ2n) is 5.10. The van der Waals surface area contributed by atoms with E-state index in [0.717, 1.165) is 27.7 Å². The molecule has 1 amide bonds. The van der Waals surface area contributed by atoms with E-state index in [9.17, 15) is 4.79 Å². The Morgan fingerprint density at radius 1 is 1.41 bits per heavy atom. The Balaban J connectivity index is 2.05. The average molecular weight is 319 g/mol. The van der Waals surface area contributed by atoms with Crippen LogP contribution >= 0.6 is 11.8 Å². The predicted octanol–water partition coefficient (Wildman–Crippen LogP) is 3.16. The molecule has 1 N–H and O–H groups in total. The summed E-state index contributed by atoms with van der Waals surface area (Å²) in [6.07, 6.45) is 0. The summed E-state index contributed by atoms with van der Waals surface area (Å²) in [5.41, 5.74) is 2.57. The van der Waals surface area contributed by atoms with Crippen LogP contribution in [0.5, 0.6) is 5.75 Å². The second kappa shape index (κ2) is 6.87. The number of anilines is 1. The maximum atomic E-state index is 12.4. The van der Waals surface area contributed by atoms with Gasteiger partial charge in [-0.15, -0.1) is 11.8 Å². The number of hydrogen-bond donors (Lipinski definition) is 1. The number of thioether (sulfide) groups is 1. The smallest absolute Gasteiger partial charge is 0.237 e. The predicted molar refractivity (Wildman–Crippen MR) is 89.6 cm³/mol. The second-order valence-corrected chi connectivity index (χ2v) is 6.51. The molecule has 1 aromatic heterocycles. The van der Waals surface area contributed by atoms with Gasteiger partial charge in [0.2, 0.25) is 5.91 Å². The van der Waals surface area contributed by atoms with Gasteiger partial charge in [-0.1, -0.05) is 6.07 Å². The van der Waals surface area contributed by atoms with Gasteiger partial charge in [-0.2, -0.15) is 5.10 Å². The van der Waals surface area contributed by atoms with Gasteiger partial charge >= 0.3 is 0 Å². The monoisotopic (exact) mass is 319 g/mol. The molecule has 0 aliphatic heterocycles. The Morgan fingerprint density at radius 3 is 2.73 bits per heavy atom. The van der Waals surface area contributed by atoms with E-state index in [2.05, 4.69) is 10.4 Å². The van der Waals surface area contributed by atoms with Crippen LogP contribution in [0.25, 0.3) is 0 Å². The van der Waals surface area contributed by atoms with Gasteiger partial charge in [0.25, 0.3) is 0 Å². The molecular formula is C16H21N3O2S. The minimum absolute atomic E-state index is 0.0352. The zero-order valence-electron chi connectivity index (χ0n) is 13.5. The molecule has 1 unspecified atom stereocenters. The van der Waals surface area contributed by atoms with Gasteiger partial charge in [0.1, 0.15) is 5.75 Å². The minimum atomic E-state index is -0.217. The number of carbonyl (C=O) groups is 1. The van der Waals surface area contributed by atoms with E-state index >= 15 is 0 Å². The number of ether oxygens (including phenoxy) is 1. The van der Waals surface area contributed by atoms with Crippen LogP contribution in [-0.4, -0.2) is 28.0 Å². The number of benzene rings is 1. The van der Waals surface area contributed by atoms with Crippen molar-refractivity contribution in [3.8, 4) is 5.75 Å². The molecular weight excluding hydrogens is 298 g/mol. The Morgan fingerprint density at radius 2 is 2.14 bits per heavy atom. The first-order valence-corrected chi connectivity index (χ1v) is 7.92. The molecule has 22 heavy (non-hydrogen) atoms. The molecule has 0 bridgehead atoms. The molecule has 1 aromatic carbocycles. The number of methoxy groups -OCH3 is 1. The summed E-state index contributed by atoms with van der Waals surface area (Å²) in [7, 11) is 3.50. The molecule has 118 valence electrons. The van der Waals surface area contributed by atoms with Crippen molar-refractivity contribution < 1.29 is 9.53 Å². The molecule has 1 heterocycles. The normalized spacial score (nSPS) is 12.0. The molecule has 6 heteroatoms. The lowest BCUT2D eigenvalue weighted by atomic mass is 10.3. The summed E-state index contributed by atoms with van der Waals surface area (Å²) in [5.74, 6) is 0.753. The Bertz CT molecular complexity index is 682. The minimum Gasteiger partial charge on any atom is -0.497 e. The van der Waals surface area contributed by atoms with Crippen molar-refractivity contribution in [1.29, 1.82) is 0 Å². The summed E-state index contributed by atoms with van der Waals surface area (Å²) < 4.78 is 6.97. The molecule has 0 saturated heterocycles. The van der Waals surface area contributed by atoms with Crippen molar-refractivity contribution in [2.75, 3.05) is 12.4 Å². The summed E-state index contributed by atoms with van der Waals surface area (Å²) in [4.78, 5) is 13.4. The van der Waals surface area contributed by atoms with Gasteiger partial charge in [-0.05, 0) is 39.0 Å². The standard InChI is InChI=1S/C16H21N3O2S/c1-10-15(11(2)19(4)18-10)17-16(20)12(3)22-14-8-6-7-13(9-14)21-5/h6-9,12H,1-5H3,(H,17,20). The van der Waals surface area contributed by atoms with E-state index in [-0.39, 0.29) is 11.2 Å². The fourth-order valence-electron chi connectivity index (χ4n) is 2.11. The van der Waals surface area contributed by atoms with Crippen molar-refractivity contribution in [1.82, 2.24) is 9.78 Å². The van der Waals surface area contributed by atoms with Crippen molar-refractivity contribution >= 4 is 23.4 Å². The van der Waals surface area contributed by atoms with Crippen LogP contribution < -0.4 is 10.1 Å². The van der Waals surface area contributed by atoms with E-state index < -0.39 is 0 Å². The van der Waals surface area contributed by atoms with E-state index in [1.165, 1.54) is 11.8 Å². The number of nitrogens with zero attached hydrogens (tertiary/aromatic N) is 2. The summed E-state index contributed by atoms with van der Waals surface area (Å²) in [6, 6.07) is 7.70. The zero-order valence-corrected chi connectivity index (χ0v) is 14.3. The third-order valence-corrected chi connectivity index (χ3v) is 4.57. The summed E-state index contributed by atoms with van der Waals surface area (Å²) in [5, 5.41) is 7.07. The molecule has 0 spiro atoms. The highest BCUT2D eigenvalue weighted by atomic mass is 32.2. The maximum Gasteiger partial charge on any atom is 0.237 e. The highest BCUT2D eigenvalue weighted by molar-refractivity contribution is 8.00. The molecule has 5 nitrogen and oxygen atoms in total. The highest BCUT2D eigenvalue weighted by Crippen LogP contribution is 2.28. The molecule has 0 aliphatic rings. The first-order valence-electron chi connectivity index (χ1n) is 7.04. The molecule has 2 aromatic rings. The number of rotatable bonds is 5. The lowest BCUT2D eigenvalue weighted by Crippen LogP contribution is -2.23. The largest absolute Gasteiger partial charge is 0.497 e. The number of amides is 1. The number of hydrogen-bond acceptors (Lipinski definition) is 4.